The first-order chi connectivity index (χ1) is 11.1. The van der Waals surface area contributed by atoms with Gasteiger partial charge in [0.25, 0.3) is 5.91 Å². The van der Waals surface area contributed by atoms with Crippen LogP contribution in [0.4, 0.5) is 0 Å². The number of benzene rings is 2. The van der Waals surface area contributed by atoms with Crippen LogP contribution in [0.15, 0.2) is 36.4 Å². The Labute approximate surface area is 140 Å². The second kappa shape index (κ2) is 7.74. The predicted molar refractivity (Wildman–Crippen MR) is 88.7 cm³/mol. The van der Waals surface area contributed by atoms with E-state index < -0.39 is 0 Å². The summed E-state index contributed by atoms with van der Waals surface area (Å²) in [6, 6.07) is 10.4. The van der Waals surface area contributed by atoms with Crippen molar-refractivity contribution in [2.75, 3.05) is 21.3 Å². The third kappa shape index (κ3) is 4.29. The third-order valence-corrected chi connectivity index (χ3v) is 3.58. The summed E-state index contributed by atoms with van der Waals surface area (Å²) in [6.07, 6.45) is 0. The van der Waals surface area contributed by atoms with Crippen LogP contribution in [0.2, 0.25) is 5.02 Å². The second-order valence-electron chi connectivity index (χ2n) is 4.75. The van der Waals surface area contributed by atoms with Crippen LogP contribution in [0.25, 0.3) is 0 Å². The Morgan fingerprint density at radius 3 is 2.17 bits per heavy atom. The average molecular weight is 336 g/mol. The van der Waals surface area contributed by atoms with Crippen LogP contribution in [-0.2, 0) is 6.54 Å². The van der Waals surface area contributed by atoms with Gasteiger partial charge in [-0.05, 0) is 29.8 Å². The van der Waals surface area contributed by atoms with Gasteiger partial charge >= 0.3 is 0 Å². The molecule has 0 saturated carbocycles. The molecule has 0 saturated heterocycles. The Morgan fingerprint density at radius 1 is 1.00 bits per heavy atom. The molecular formula is C17H18ClNO4. The molecule has 0 aromatic heterocycles. The fourth-order valence-corrected chi connectivity index (χ4v) is 2.32. The lowest BCUT2D eigenvalue weighted by molar-refractivity contribution is 0.0950. The second-order valence-corrected chi connectivity index (χ2v) is 5.16. The first-order valence-corrected chi connectivity index (χ1v) is 7.29. The van der Waals surface area contributed by atoms with Crippen LogP contribution < -0.4 is 19.5 Å². The molecule has 2 rings (SSSR count). The molecule has 2 aromatic rings. The van der Waals surface area contributed by atoms with Crippen molar-refractivity contribution in [3.63, 3.8) is 0 Å². The van der Waals surface area contributed by atoms with E-state index in [4.69, 9.17) is 25.8 Å². The zero-order valence-corrected chi connectivity index (χ0v) is 13.9. The Balaban J connectivity index is 2.09. The van der Waals surface area contributed by atoms with Gasteiger partial charge in [0.1, 0.15) is 17.2 Å². The molecule has 6 heteroatoms. The number of halogens is 1. The minimum Gasteiger partial charge on any atom is -0.497 e. The van der Waals surface area contributed by atoms with Crippen molar-refractivity contribution in [2.24, 2.45) is 0 Å². The van der Waals surface area contributed by atoms with Gasteiger partial charge < -0.3 is 19.5 Å². The highest BCUT2D eigenvalue weighted by Gasteiger charge is 2.10. The number of rotatable bonds is 6. The summed E-state index contributed by atoms with van der Waals surface area (Å²) in [5.74, 6) is 1.48. The quantitative estimate of drug-likeness (QED) is 0.880. The molecular weight excluding hydrogens is 318 g/mol. The van der Waals surface area contributed by atoms with E-state index >= 15 is 0 Å². The Hall–Kier alpha value is -2.40. The van der Waals surface area contributed by atoms with Crippen LogP contribution in [0, 0.1) is 0 Å². The lowest BCUT2D eigenvalue weighted by Crippen LogP contribution is -2.22. The molecule has 0 atom stereocenters. The predicted octanol–water partition coefficient (Wildman–Crippen LogP) is 3.30. The zero-order chi connectivity index (χ0) is 16.8. The molecule has 0 aliphatic carbocycles. The number of hydrogen-bond donors (Lipinski definition) is 1. The molecule has 0 unspecified atom stereocenters. The molecule has 1 N–H and O–H groups in total. The van der Waals surface area contributed by atoms with Crippen LogP contribution in [0.5, 0.6) is 17.2 Å². The maximum atomic E-state index is 12.3. The highest BCUT2D eigenvalue weighted by atomic mass is 35.5. The van der Waals surface area contributed by atoms with Crippen molar-refractivity contribution in [3.05, 3.63) is 52.5 Å². The van der Waals surface area contributed by atoms with Crippen LogP contribution in [-0.4, -0.2) is 27.2 Å². The summed E-state index contributed by atoms with van der Waals surface area (Å²) in [7, 11) is 4.63. The molecule has 0 spiro atoms. The molecule has 0 bridgehead atoms. The van der Waals surface area contributed by atoms with Gasteiger partial charge in [0.2, 0.25) is 0 Å². The number of carbonyl (C=O) groups is 1. The maximum absolute atomic E-state index is 12.3. The SMILES string of the molecule is COc1cc(OC)cc(C(=O)NCc2ccc(OC)c(Cl)c2)c1. The lowest BCUT2D eigenvalue weighted by atomic mass is 10.1. The zero-order valence-electron chi connectivity index (χ0n) is 13.2. The molecule has 23 heavy (non-hydrogen) atoms. The van der Waals surface area contributed by atoms with Gasteiger partial charge in [0.05, 0.1) is 26.4 Å². The minimum absolute atomic E-state index is 0.228. The fraction of sp³-hybridized carbons (Fsp3) is 0.235. The molecule has 0 fully saturated rings. The third-order valence-electron chi connectivity index (χ3n) is 3.28. The monoisotopic (exact) mass is 335 g/mol. The summed E-state index contributed by atoms with van der Waals surface area (Å²) in [5.41, 5.74) is 1.33. The summed E-state index contributed by atoms with van der Waals surface area (Å²) in [6.45, 7) is 0.349. The summed E-state index contributed by atoms with van der Waals surface area (Å²) in [4.78, 5) is 12.3. The van der Waals surface area contributed by atoms with E-state index in [0.29, 0.717) is 34.4 Å². The standard InChI is InChI=1S/C17H18ClNO4/c1-21-13-7-12(8-14(9-13)22-2)17(20)19-10-11-4-5-16(23-3)15(18)6-11/h4-9H,10H2,1-3H3,(H,19,20). The van der Waals surface area contributed by atoms with Crippen molar-refractivity contribution < 1.29 is 19.0 Å². The average Bonchev–Trinajstić information content (AvgIpc) is 2.59. The van der Waals surface area contributed by atoms with E-state index in [-0.39, 0.29) is 5.91 Å². The van der Waals surface area contributed by atoms with Gasteiger partial charge in [-0.15, -0.1) is 0 Å². The Morgan fingerprint density at radius 2 is 1.65 bits per heavy atom. The molecule has 2 aromatic carbocycles. The largest absolute Gasteiger partial charge is 0.497 e. The van der Waals surface area contributed by atoms with E-state index in [2.05, 4.69) is 5.32 Å². The number of nitrogens with one attached hydrogen (secondary N) is 1. The van der Waals surface area contributed by atoms with Gasteiger partial charge in [-0.25, -0.2) is 0 Å². The summed E-state index contributed by atoms with van der Waals surface area (Å²) < 4.78 is 15.4. The molecule has 122 valence electrons. The first-order valence-electron chi connectivity index (χ1n) is 6.91. The van der Waals surface area contributed by atoms with Crippen molar-refractivity contribution in [1.82, 2.24) is 5.32 Å². The van der Waals surface area contributed by atoms with Crippen LogP contribution >= 0.6 is 11.6 Å². The molecule has 1 amide bonds. The van der Waals surface area contributed by atoms with Gasteiger partial charge in [-0.1, -0.05) is 17.7 Å². The van der Waals surface area contributed by atoms with Gasteiger partial charge in [-0.3, -0.25) is 4.79 Å². The number of ether oxygens (including phenoxy) is 3. The van der Waals surface area contributed by atoms with E-state index in [1.165, 1.54) is 14.2 Å². The van der Waals surface area contributed by atoms with Gasteiger partial charge in [0, 0.05) is 18.2 Å². The van der Waals surface area contributed by atoms with Crippen molar-refractivity contribution in [3.8, 4) is 17.2 Å². The van der Waals surface area contributed by atoms with Crippen LogP contribution in [0.1, 0.15) is 15.9 Å². The summed E-state index contributed by atoms with van der Waals surface area (Å²) in [5, 5.41) is 3.34. The number of amides is 1. The highest BCUT2D eigenvalue weighted by molar-refractivity contribution is 6.32. The minimum atomic E-state index is -0.228. The van der Waals surface area contributed by atoms with Gasteiger partial charge in [-0.2, -0.15) is 0 Å². The number of carbonyl (C=O) groups excluding carboxylic acids is 1. The van der Waals surface area contributed by atoms with Crippen molar-refractivity contribution in [1.29, 1.82) is 0 Å². The number of methoxy groups -OCH3 is 3. The lowest BCUT2D eigenvalue weighted by Gasteiger charge is -2.10. The smallest absolute Gasteiger partial charge is 0.251 e. The Kier molecular flexibility index (Phi) is 5.71. The molecule has 0 aliphatic heterocycles. The topological polar surface area (TPSA) is 56.8 Å². The normalized spacial score (nSPS) is 10.1. The molecule has 5 nitrogen and oxygen atoms in total. The van der Waals surface area contributed by atoms with Gasteiger partial charge in [0.15, 0.2) is 0 Å². The van der Waals surface area contributed by atoms with Crippen molar-refractivity contribution in [2.45, 2.75) is 6.54 Å². The van der Waals surface area contributed by atoms with E-state index in [9.17, 15) is 4.79 Å². The maximum Gasteiger partial charge on any atom is 0.251 e. The van der Waals surface area contributed by atoms with Crippen LogP contribution in [0.3, 0.4) is 0 Å². The fourth-order valence-electron chi connectivity index (χ4n) is 2.04. The van der Waals surface area contributed by atoms with Crippen molar-refractivity contribution >= 4 is 17.5 Å². The molecule has 0 aliphatic rings. The van der Waals surface area contributed by atoms with E-state index in [1.54, 1.807) is 37.4 Å². The summed E-state index contributed by atoms with van der Waals surface area (Å²) >= 11 is 6.07. The molecule has 0 radical (unpaired) electrons. The highest BCUT2D eigenvalue weighted by Crippen LogP contribution is 2.25. The molecule has 0 heterocycles. The Bertz CT molecular complexity index is 681. The first kappa shape index (κ1) is 17.0. The van der Waals surface area contributed by atoms with E-state index in [1.807, 2.05) is 6.07 Å². The number of hydrogen-bond acceptors (Lipinski definition) is 4. The van der Waals surface area contributed by atoms with E-state index in [0.717, 1.165) is 5.56 Å².